The Morgan fingerprint density at radius 1 is 1.16 bits per heavy atom. The third-order valence-corrected chi connectivity index (χ3v) is 5.75. The number of nitrogens with one attached hydrogen (secondary N) is 1. The Hall–Kier alpha value is -2.18. The molecular weight excluding hydrogens is 336 g/mol. The number of benzene rings is 1. The second-order valence-electron chi connectivity index (χ2n) is 7.00. The Kier molecular flexibility index (Phi) is 3.43. The van der Waals surface area contributed by atoms with E-state index in [0.717, 1.165) is 35.4 Å². The van der Waals surface area contributed by atoms with Gasteiger partial charge in [-0.25, -0.2) is 9.97 Å². The summed E-state index contributed by atoms with van der Waals surface area (Å²) in [5, 5.41) is 8.08. The van der Waals surface area contributed by atoms with E-state index < -0.39 is 0 Å². The molecule has 0 spiro atoms. The van der Waals surface area contributed by atoms with Gasteiger partial charge in [0.15, 0.2) is 5.65 Å². The quantitative estimate of drug-likeness (QED) is 0.738. The zero-order valence-electron chi connectivity index (χ0n) is 13.7. The average molecular weight is 355 g/mol. The minimum Gasteiger partial charge on any atom is -0.349 e. The summed E-state index contributed by atoms with van der Waals surface area (Å²) in [5.74, 6) is 0.918. The first kappa shape index (κ1) is 15.1. The lowest BCUT2D eigenvalue weighted by molar-refractivity contribution is 0.412. The van der Waals surface area contributed by atoms with E-state index >= 15 is 0 Å². The van der Waals surface area contributed by atoms with Crippen molar-refractivity contribution in [3.63, 3.8) is 0 Å². The monoisotopic (exact) mass is 354 g/mol. The van der Waals surface area contributed by atoms with Gasteiger partial charge in [-0.2, -0.15) is 5.10 Å². The van der Waals surface area contributed by atoms with E-state index in [0.29, 0.717) is 28.8 Å². The molecule has 2 aliphatic rings. The Bertz CT molecular complexity index is 924. The van der Waals surface area contributed by atoms with Crippen molar-refractivity contribution in [2.45, 2.75) is 43.8 Å². The molecule has 2 saturated heterocycles. The molecule has 2 atom stereocenters. The molecule has 0 amide bonds. The maximum atomic E-state index is 6.31. The van der Waals surface area contributed by atoms with Crippen molar-refractivity contribution in [2.75, 3.05) is 4.90 Å². The largest absolute Gasteiger partial charge is 0.349 e. The van der Waals surface area contributed by atoms with Gasteiger partial charge >= 0.3 is 0 Å². The first-order valence-electron chi connectivity index (χ1n) is 8.70. The van der Waals surface area contributed by atoms with Gasteiger partial charge in [0, 0.05) is 23.7 Å². The SMILES string of the molecule is NC1CC2CCC(C1)N2c1cnc2c(-c3ccccc3Cl)n[nH]c2n1. The highest BCUT2D eigenvalue weighted by Crippen LogP contribution is 2.38. The molecule has 4 heterocycles. The first-order valence-corrected chi connectivity index (χ1v) is 9.08. The van der Waals surface area contributed by atoms with Crippen LogP contribution in [-0.2, 0) is 0 Å². The zero-order chi connectivity index (χ0) is 17.0. The molecule has 0 aliphatic carbocycles. The number of anilines is 1. The summed E-state index contributed by atoms with van der Waals surface area (Å²) in [4.78, 5) is 11.9. The summed E-state index contributed by atoms with van der Waals surface area (Å²) in [6.45, 7) is 0. The minimum atomic E-state index is 0.310. The van der Waals surface area contributed by atoms with E-state index in [1.54, 1.807) is 0 Å². The van der Waals surface area contributed by atoms with Crippen LogP contribution in [0.15, 0.2) is 30.5 Å². The van der Waals surface area contributed by atoms with Gasteiger partial charge in [0.2, 0.25) is 0 Å². The summed E-state index contributed by atoms with van der Waals surface area (Å²) >= 11 is 6.31. The highest BCUT2D eigenvalue weighted by molar-refractivity contribution is 6.33. The highest BCUT2D eigenvalue weighted by atomic mass is 35.5. The molecule has 0 saturated carbocycles. The molecule has 2 fully saturated rings. The Morgan fingerprint density at radius 3 is 2.68 bits per heavy atom. The van der Waals surface area contributed by atoms with E-state index in [9.17, 15) is 0 Å². The number of nitrogens with two attached hydrogens (primary N) is 1. The summed E-state index contributed by atoms with van der Waals surface area (Å²) in [5.41, 5.74) is 9.22. The van der Waals surface area contributed by atoms with E-state index in [4.69, 9.17) is 22.3 Å². The van der Waals surface area contributed by atoms with Crippen LogP contribution in [0.5, 0.6) is 0 Å². The molecular formula is C18H19ClN6. The van der Waals surface area contributed by atoms with Crippen molar-refractivity contribution >= 4 is 28.6 Å². The summed E-state index contributed by atoms with van der Waals surface area (Å²) in [6.07, 6.45) is 6.30. The van der Waals surface area contributed by atoms with Crippen LogP contribution in [0.2, 0.25) is 5.02 Å². The number of halogens is 1. The minimum absolute atomic E-state index is 0.310. The molecule has 128 valence electrons. The molecule has 2 unspecified atom stereocenters. The number of hydrogen-bond donors (Lipinski definition) is 2. The second kappa shape index (κ2) is 5.68. The molecule has 7 heteroatoms. The van der Waals surface area contributed by atoms with Crippen LogP contribution < -0.4 is 10.6 Å². The molecule has 1 aromatic carbocycles. The predicted octanol–water partition coefficient (Wildman–Crippen LogP) is 3.13. The maximum absolute atomic E-state index is 6.31. The molecule has 2 bridgehead atoms. The molecule has 3 N–H and O–H groups in total. The number of piperidine rings is 1. The Balaban J connectivity index is 1.55. The lowest BCUT2D eigenvalue weighted by atomic mass is 9.98. The number of H-pyrrole nitrogens is 1. The first-order chi connectivity index (χ1) is 12.2. The normalized spacial score (nSPS) is 25.7. The van der Waals surface area contributed by atoms with E-state index in [1.807, 2.05) is 30.5 Å². The topological polar surface area (TPSA) is 83.7 Å². The van der Waals surface area contributed by atoms with Gasteiger partial charge < -0.3 is 10.6 Å². The van der Waals surface area contributed by atoms with Gasteiger partial charge in [-0.3, -0.25) is 5.10 Å². The fourth-order valence-electron chi connectivity index (χ4n) is 4.35. The number of rotatable bonds is 2. The zero-order valence-corrected chi connectivity index (χ0v) is 14.4. The summed E-state index contributed by atoms with van der Waals surface area (Å²) in [6, 6.07) is 8.91. The van der Waals surface area contributed by atoms with Crippen molar-refractivity contribution in [1.29, 1.82) is 0 Å². The third-order valence-electron chi connectivity index (χ3n) is 5.42. The van der Waals surface area contributed by atoms with Gasteiger partial charge in [0.05, 0.1) is 11.2 Å². The molecule has 5 rings (SSSR count). The van der Waals surface area contributed by atoms with Crippen molar-refractivity contribution in [3.8, 4) is 11.3 Å². The number of hydrogen-bond acceptors (Lipinski definition) is 5. The van der Waals surface area contributed by atoms with Crippen LogP contribution in [0.25, 0.3) is 22.4 Å². The van der Waals surface area contributed by atoms with E-state index in [1.165, 1.54) is 12.8 Å². The smallest absolute Gasteiger partial charge is 0.177 e. The molecule has 2 aliphatic heterocycles. The fourth-order valence-corrected chi connectivity index (χ4v) is 4.58. The van der Waals surface area contributed by atoms with Crippen molar-refractivity contribution in [1.82, 2.24) is 20.2 Å². The lowest BCUT2D eigenvalue weighted by Gasteiger charge is -2.38. The number of aromatic amines is 1. The van der Waals surface area contributed by atoms with Crippen LogP contribution >= 0.6 is 11.6 Å². The van der Waals surface area contributed by atoms with E-state index in [-0.39, 0.29) is 0 Å². The Morgan fingerprint density at radius 2 is 1.92 bits per heavy atom. The molecule has 3 aromatic rings. The predicted molar refractivity (Wildman–Crippen MR) is 98.6 cm³/mol. The second-order valence-corrected chi connectivity index (χ2v) is 7.41. The summed E-state index contributed by atoms with van der Waals surface area (Å²) < 4.78 is 0. The number of fused-ring (bicyclic) bond motifs is 3. The van der Waals surface area contributed by atoms with Crippen molar-refractivity contribution in [2.24, 2.45) is 5.73 Å². The summed E-state index contributed by atoms with van der Waals surface area (Å²) in [7, 11) is 0. The van der Waals surface area contributed by atoms with Gasteiger partial charge in [-0.15, -0.1) is 0 Å². The lowest BCUT2D eigenvalue weighted by Crippen LogP contribution is -2.47. The molecule has 6 nitrogen and oxygen atoms in total. The number of aromatic nitrogens is 4. The van der Waals surface area contributed by atoms with Crippen LogP contribution in [0, 0.1) is 0 Å². The van der Waals surface area contributed by atoms with Crippen LogP contribution in [-0.4, -0.2) is 38.3 Å². The highest BCUT2D eigenvalue weighted by Gasteiger charge is 2.40. The van der Waals surface area contributed by atoms with Crippen LogP contribution in [0.1, 0.15) is 25.7 Å². The van der Waals surface area contributed by atoms with Gasteiger partial charge in [-0.05, 0) is 31.7 Å². The number of nitrogens with zero attached hydrogens (tertiary/aromatic N) is 4. The van der Waals surface area contributed by atoms with Crippen LogP contribution in [0.3, 0.4) is 0 Å². The van der Waals surface area contributed by atoms with Gasteiger partial charge in [0.1, 0.15) is 17.0 Å². The molecule has 2 aromatic heterocycles. The Labute approximate surface area is 150 Å². The molecule has 25 heavy (non-hydrogen) atoms. The fraction of sp³-hybridized carbons (Fsp3) is 0.389. The third kappa shape index (κ3) is 2.40. The van der Waals surface area contributed by atoms with Crippen LogP contribution in [0.4, 0.5) is 5.82 Å². The average Bonchev–Trinajstić information content (AvgIpc) is 3.14. The maximum Gasteiger partial charge on any atom is 0.177 e. The standard InChI is InChI=1S/C18H19ClN6/c19-14-4-2-1-3-13(14)16-17-18(24-23-16)22-15(9-21-17)25-11-5-6-12(25)8-10(20)7-11/h1-4,9-12H,5-8,20H2,(H,22,23,24). The van der Waals surface area contributed by atoms with Crippen molar-refractivity contribution in [3.05, 3.63) is 35.5 Å². The van der Waals surface area contributed by atoms with Gasteiger partial charge in [0.25, 0.3) is 0 Å². The van der Waals surface area contributed by atoms with Gasteiger partial charge in [-0.1, -0.05) is 29.8 Å². The van der Waals surface area contributed by atoms with Crippen molar-refractivity contribution < 1.29 is 0 Å². The van der Waals surface area contributed by atoms with E-state index in [2.05, 4.69) is 20.1 Å². The molecule has 0 radical (unpaired) electrons.